The Labute approximate surface area is 218 Å². The topological polar surface area (TPSA) is 82.4 Å². The summed E-state index contributed by atoms with van der Waals surface area (Å²) in [5.41, 5.74) is 7.94. The minimum absolute atomic E-state index is 0.314. The number of nitrogens with zero attached hydrogens (tertiary/aromatic N) is 6. The number of rotatable bonds is 7. The number of fused-ring (bicyclic) bond motifs is 2. The monoisotopic (exact) mass is 499 g/mol. The second-order valence-corrected chi connectivity index (χ2v) is 11.3. The molecule has 8 heteroatoms. The normalized spacial score (nSPS) is 17.1. The molecule has 8 nitrogen and oxygen atoms in total. The molecule has 194 valence electrons. The molecule has 0 bridgehead atoms. The number of nitrogens with one attached hydrogen (secondary N) is 1. The van der Waals surface area contributed by atoms with E-state index in [1.807, 2.05) is 13.1 Å². The van der Waals surface area contributed by atoms with E-state index in [9.17, 15) is 4.79 Å². The van der Waals surface area contributed by atoms with E-state index in [2.05, 4.69) is 75.5 Å². The number of H-pyrrole nitrogens is 1. The number of aromatic amines is 1. The average Bonchev–Trinajstić information content (AvgIpc) is 3.51. The number of likely N-dealkylation sites (tertiary alicyclic amines) is 1. The summed E-state index contributed by atoms with van der Waals surface area (Å²) in [5.74, 6) is 1.16. The summed E-state index contributed by atoms with van der Waals surface area (Å²) in [5, 5.41) is 13.4. The molecule has 0 spiro atoms. The molecular weight excluding hydrogens is 462 g/mol. The largest absolute Gasteiger partial charge is 0.354 e. The van der Waals surface area contributed by atoms with Gasteiger partial charge in [0.2, 0.25) is 5.91 Å². The first-order valence-corrected chi connectivity index (χ1v) is 13.7. The Balaban J connectivity index is 1.22. The van der Waals surface area contributed by atoms with E-state index in [-0.39, 0.29) is 0 Å². The lowest BCUT2D eigenvalue weighted by molar-refractivity contribution is -0.132. The number of amides is 1. The third-order valence-electron chi connectivity index (χ3n) is 8.38. The van der Waals surface area contributed by atoms with E-state index in [0.717, 1.165) is 60.5 Å². The second-order valence-electron chi connectivity index (χ2n) is 11.3. The lowest BCUT2D eigenvalue weighted by Gasteiger charge is -2.33. The van der Waals surface area contributed by atoms with Gasteiger partial charge in [-0.05, 0) is 96.8 Å². The highest BCUT2D eigenvalue weighted by molar-refractivity contribution is 5.92. The summed E-state index contributed by atoms with van der Waals surface area (Å²) in [6.07, 6.45) is 7.28. The van der Waals surface area contributed by atoms with Crippen LogP contribution in [0.25, 0.3) is 27.8 Å². The molecule has 3 aromatic heterocycles. The summed E-state index contributed by atoms with van der Waals surface area (Å²) in [7, 11) is 2.15. The third kappa shape index (κ3) is 4.63. The highest BCUT2D eigenvalue weighted by Crippen LogP contribution is 2.38. The van der Waals surface area contributed by atoms with Crippen LogP contribution in [0.1, 0.15) is 74.5 Å². The molecule has 0 radical (unpaired) electrons. The molecule has 1 aromatic carbocycles. The van der Waals surface area contributed by atoms with Crippen molar-refractivity contribution in [2.24, 2.45) is 0 Å². The summed E-state index contributed by atoms with van der Waals surface area (Å²) in [4.78, 5) is 20.9. The summed E-state index contributed by atoms with van der Waals surface area (Å²) in [6.45, 7) is 9.16. The third-order valence-corrected chi connectivity index (χ3v) is 8.38. The zero-order chi connectivity index (χ0) is 25.7. The number of piperidine rings is 1. The van der Waals surface area contributed by atoms with Crippen LogP contribution in [-0.2, 0) is 4.79 Å². The van der Waals surface area contributed by atoms with E-state index in [1.54, 1.807) is 4.52 Å². The van der Waals surface area contributed by atoms with E-state index in [0.29, 0.717) is 30.2 Å². The van der Waals surface area contributed by atoms with Crippen LogP contribution in [0.3, 0.4) is 0 Å². The molecule has 1 saturated heterocycles. The van der Waals surface area contributed by atoms with Crippen LogP contribution < -0.4 is 0 Å². The van der Waals surface area contributed by atoms with Crippen LogP contribution in [0.15, 0.2) is 30.5 Å². The Morgan fingerprint density at radius 1 is 1.16 bits per heavy atom. The second kappa shape index (κ2) is 9.56. The Kier molecular flexibility index (Phi) is 6.23. The van der Waals surface area contributed by atoms with E-state index < -0.39 is 0 Å². The minimum atomic E-state index is 0.314. The molecule has 1 saturated carbocycles. The summed E-state index contributed by atoms with van der Waals surface area (Å²) in [6, 6.07) is 9.77. The van der Waals surface area contributed by atoms with Crippen LogP contribution in [0.2, 0.25) is 0 Å². The zero-order valence-corrected chi connectivity index (χ0v) is 22.4. The number of aromatic nitrogens is 5. The van der Waals surface area contributed by atoms with Crippen molar-refractivity contribution in [1.82, 2.24) is 34.8 Å². The van der Waals surface area contributed by atoms with Crippen LogP contribution >= 0.6 is 0 Å². The summed E-state index contributed by atoms with van der Waals surface area (Å²) >= 11 is 0. The average molecular weight is 500 g/mol. The van der Waals surface area contributed by atoms with Crippen LogP contribution in [0, 0.1) is 6.92 Å². The van der Waals surface area contributed by atoms with Gasteiger partial charge in [0.1, 0.15) is 0 Å². The number of benzene rings is 1. The van der Waals surface area contributed by atoms with E-state index in [4.69, 9.17) is 0 Å². The smallest absolute Gasteiger partial charge is 0.223 e. The Morgan fingerprint density at radius 2 is 1.95 bits per heavy atom. The van der Waals surface area contributed by atoms with Crippen molar-refractivity contribution in [2.75, 3.05) is 26.7 Å². The van der Waals surface area contributed by atoms with Gasteiger partial charge in [0, 0.05) is 54.8 Å². The molecule has 6 rings (SSSR count). The lowest BCUT2D eigenvalue weighted by atomic mass is 9.87. The van der Waals surface area contributed by atoms with Crippen molar-refractivity contribution in [3.05, 3.63) is 47.2 Å². The van der Waals surface area contributed by atoms with Crippen molar-refractivity contribution >= 4 is 22.5 Å². The van der Waals surface area contributed by atoms with Crippen molar-refractivity contribution in [2.45, 2.75) is 70.8 Å². The van der Waals surface area contributed by atoms with Gasteiger partial charge in [-0.3, -0.25) is 4.79 Å². The summed E-state index contributed by atoms with van der Waals surface area (Å²) < 4.78 is 1.75. The van der Waals surface area contributed by atoms with Crippen LogP contribution in [0.4, 0.5) is 0 Å². The fourth-order valence-electron chi connectivity index (χ4n) is 6.05. The first-order valence-electron chi connectivity index (χ1n) is 13.7. The number of hydrogen-bond donors (Lipinski definition) is 1. The van der Waals surface area contributed by atoms with Gasteiger partial charge in [0.15, 0.2) is 5.65 Å². The van der Waals surface area contributed by atoms with Crippen LogP contribution in [0.5, 0.6) is 0 Å². The van der Waals surface area contributed by atoms with Crippen molar-refractivity contribution in [3.8, 4) is 11.3 Å². The number of hydrogen-bond acceptors (Lipinski definition) is 5. The van der Waals surface area contributed by atoms with Gasteiger partial charge in [-0.25, -0.2) is 0 Å². The first kappa shape index (κ1) is 24.1. The molecule has 4 aromatic rings. The highest BCUT2D eigenvalue weighted by Gasteiger charge is 2.28. The number of pyridine rings is 1. The minimum Gasteiger partial charge on any atom is -0.354 e. The van der Waals surface area contributed by atoms with Gasteiger partial charge >= 0.3 is 0 Å². The Hall–Kier alpha value is -3.26. The first-order chi connectivity index (χ1) is 17.9. The molecule has 2 fully saturated rings. The molecule has 1 aliphatic heterocycles. The van der Waals surface area contributed by atoms with E-state index >= 15 is 0 Å². The van der Waals surface area contributed by atoms with Gasteiger partial charge in [-0.1, -0.05) is 19.9 Å². The lowest BCUT2D eigenvalue weighted by Crippen LogP contribution is -2.39. The molecule has 1 N–H and O–H groups in total. The standard InChI is InChI=1S/C29H37N7O/c1-18(2)27-24-16-21(20-9-13-35(14-10-20)26(37)11-12-34(4)23-6-7-23)5-8-25(24)30-28(27)22-15-19(3)29-31-32-33-36(29)17-22/h5,8,15-18,20,23,30H,6-7,9-14H2,1-4H3. The molecule has 4 heterocycles. The predicted molar refractivity (Wildman–Crippen MR) is 146 cm³/mol. The molecule has 1 amide bonds. The number of aryl methyl sites for hydroxylation is 1. The Morgan fingerprint density at radius 3 is 2.68 bits per heavy atom. The van der Waals surface area contributed by atoms with Crippen molar-refractivity contribution < 1.29 is 4.79 Å². The van der Waals surface area contributed by atoms with Crippen molar-refractivity contribution in [3.63, 3.8) is 0 Å². The van der Waals surface area contributed by atoms with Gasteiger partial charge in [-0.15, -0.1) is 5.10 Å². The van der Waals surface area contributed by atoms with Crippen molar-refractivity contribution in [1.29, 1.82) is 0 Å². The predicted octanol–water partition coefficient (Wildman–Crippen LogP) is 4.89. The molecule has 0 unspecified atom stereocenters. The van der Waals surface area contributed by atoms with E-state index in [1.165, 1.54) is 29.4 Å². The quantitative estimate of drug-likeness (QED) is 0.391. The zero-order valence-electron chi connectivity index (χ0n) is 22.4. The maximum atomic E-state index is 12.8. The fraction of sp³-hybridized carbons (Fsp3) is 0.517. The molecule has 0 atom stereocenters. The molecule has 2 aliphatic rings. The molecular formula is C29H37N7O. The number of tetrazole rings is 1. The number of carbonyl (C=O) groups is 1. The number of carbonyl (C=O) groups excluding carboxylic acids is 1. The maximum absolute atomic E-state index is 12.8. The molecule has 1 aliphatic carbocycles. The molecule has 37 heavy (non-hydrogen) atoms. The SMILES string of the molecule is Cc1cc(-c2[nH]c3ccc(C4CCN(C(=O)CCN(C)C5CC5)CC4)cc3c2C(C)C)cn2nnnc12. The van der Waals surface area contributed by atoms with Gasteiger partial charge < -0.3 is 14.8 Å². The maximum Gasteiger partial charge on any atom is 0.223 e. The van der Waals surface area contributed by atoms with Gasteiger partial charge in [-0.2, -0.15) is 4.52 Å². The highest BCUT2D eigenvalue weighted by atomic mass is 16.2. The van der Waals surface area contributed by atoms with Crippen LogP contribution in [-0.4, -0.2) is 73.5 Å². The Bertz CT molecular complexity index is 1440. The van der Waals surface area contributed by atoms with Gasteiger partial charge in [0.25, 0.3) is 0 Å². The fourth-order valence-corrected chi connectivity index (χ4v) is 6.05. The van der Waals surface area contributed by atoms with Gasteiger partial charge in [0.05, 0.1) is 5.69 Å².